The molecule has 2 nitrogen and oxygen atoms in total. The van der Waals surface area contributed by atoms with Gasteiger partial charge in [0.1, 0.15) is 0 Å². The van der Waals surface area contributed by atoms with Gasteiger partial charge in [-0.3, -0.25) is 4.79 Å². The van der Waals surface area contributed by atoms with E-state index in [1.165, 1.54) is 6.08 Å². The largest absolute Gasteiger partial charge is 0.373 e. The Bertz CT molecular complexity index is 396. The molecule has 0 radical (unpaired) electrons. The third-order valence-corrected chi connectivity index (χ3v) is 2.31. The first-order valence-corrected chi connectivity index (χ1v) is 4.72. The van der Waals surface area contributed by atoms with Gasteiger partial charge in [-0.2, -0.15) is 0 Å². The molecule has 14 heavy (non-hydrogen) atoms. The van der Waals surface area contributed by atoms with Gasteiger partial charge in [0.15, 0.2) is 5.78 Å². The summed E-state index contributed by atoms with van der Waals surface area (Å²) >= 11 is 5.83. The van der Waals surface area contributed by atoms with Crippen LogP contribution in [0.5, 0.6) is 0 Å². The fourth-order valence-electron chi connectivity index (χ4n) is 1.40. The van der Waals surface area contributed by atoms with Crippen LogP contribution < -0.4 is 0 Å². The van der Waals surface area contributed by atoms with Crippen molar-refractivity contribution in [3.63, 3.8) is 0 Å². The number of halogens is 1. The van der Waals surface area contributed by atoms with Gasteiger partial charge in [0.2, 0.25) is 0 Å². The maximum Gasteiger partial charge on any atom is 0.185 e. The lowest BCUT2D eigenvalue weighted by Crippen LogP contribution is -2.06. The van der Waals surface area contributed by atoms with Crippen molar-refractivity contribution in [1.82, 2.24) is 0 Å². The highest BCUT2D eigenvalue weighted by Crippen LogP contribution is 2.19. The quantitative estimate of drug-likeness (QED) is 0.655. The maximum absolute atomic E-state index is 11.6. The minimum absolute atomic E-state index is 0.0139. The number of fused-ring (bicyclic) bond motifs is 1. The van der Waals surface area contributed by atoms with Gasteiger partial charge in [0, 0.05) is 10.6 Å². The Morgan fingerprint density at radius 2 is 2.21 bits per heavy atom. The van der Waals surface area contributed by atoms with Crippen LogP contribution in [0.15, 0.2) is 30.4 Å². The van der Waals surface area contributed by atoms with Crippen molar-refractivity contribution in [2.45, 2.75) is 6.61 Å². The zero-order chi connectivity index (χ0) is 9.97. The molecule has 2 rings (SSSR count). The second kappa shape index (κ2) is 3.95. The van der Waals surface area contributed by atoms with E-state index in [2.05, 4.69) is 0 Å². The van der Waals surface area contributed by atoms with E-state index < -0.39 is 0 Å². The number of hydrogen-bond acceptors (Lipinski definition) is 2. The highest BCUT2D eigenvalue weighted by molar-refractivity contribution is 6.30. The van der Waals surface area contributed by atoms with E-state index in [1.54, 1.807) is 24.3 Å². The van der Waals surface area contributed by atoms with E-state index in [-0.39, 0.29) is 5.78 Å². The van der Waals surface area contributed by atoms with Crippen LogP contribution in [-0.2, 0) is 11.3 Å². The average molecular weight is 209 g/mol. The van der Waals surface area contributed by atoms with Crippen molar-refractivity contribution in [2.24, 2.45) is 0 Å². The second-order valence-corrected chi connectivity index (χ2v) is 3.52. The molecule has 0 fully saturated rings. The molecule has 0 atom stereocenters. The van der Waals surface area contributed by atoms with Gasteiger partial charge >= 0.3 is 0 Å². The summed E-state index contributed by atoms with van der Waals surface area (Å²) in [6.07, 6.45) is 3.26. The predicted octanol–water partition coefficient (Wildman–Crippen LogP) is 2.61. The molecule has 0 spiro atoms. The average Bonchev–Trinajstić information content (AvgIpc) is 2.14. The molecule has 1 heterocycles. The molecular formula is C11H9ClO2. The van der Waals surface area contributed by atoms with E-state index in [9.17, 15) is 4.79 Å². The van der Waals surface area contributed by atoms with Crippen LogP contribution in [0.1, 0.15) is 15.9 Å². The summed E-state index contributed by atoms with van der Waals surface area (Å²) in [5.41, 5.74) is 1.53. The molecule has 72 valence electrons. The normalized spacial score (nSPS) is 15.9. The summed E-state index contributed by atoms with van der Waals surface area (Å²) < 4.78 is 5.31. The molecule has 1 aliphatic rings. The smallest absolute Gasteiger partial charge is 0.185 e. The van der Waals surface area contributed by atoms with Crippen LogP contribution in [0.3, 0.4) is 0 Å². The van der Waals surface area contributed by atoms with Crippen LogP contribution in [0.4, 0.5) is 0 Å². The van der Waals surface area contributed by atoms with Crippen molar-refractivity contribution < 1.29 is 9.53 Å². The van der Waals surface area contributed by atoms with Gasteiger partial charge in [0.05, 0.1) is 13.2 Å². The molecule has 1 aromatic rings. The first-order valence-electron chi connectivity index (χ1n) is 4.34. The van der Waals surface area contributed by atoms with Crippen molar-refractivity contribution in [1.29, 1.82) is 0 Å². The van der Waals surface area contributed by atoms with E-state index in [1.807, 2.05) is 0 Å². The third-order valence-electron chi connectivity index (χ3n) is 2.07. The van der Waals surface area contributed by atoms with E-state index in [0.717, 1.165) is 5.56 Å². The Balaban J connectivity index is 2.48. The van der Waals surface area contributed by atoms with Gasteiger partial charge in [-0.25, -0.2) is 0 Å². The van der Waals surface area contributed by atoms with Gasteiger partial charge in [0.25, 0.3) is 0 Å². The zero-order valence-corrected chi connectivity index (χ0v) is 8.25. The first kappa shape index (κ1) is 9.44. The summed E-state index contributed by atoms with van der Waals surface area (Å²) in [6.45, 7) is 0.906. The van der Waals surface area contributed by atoms with Crippen LogP contribution in [0.25, 0.3) is 0 Å². The molecule has 0 unspecified atom stereocenters. The maximum atomic E-state index is 11.6. The number of benzene rings is 1. The van der Waals surface area contributed by atoms with Crippen molar-refractivity contribution in [3.05, 3.63) is 46.5 Å². The zero-order valence-electron chi connectivity index (χ0n) is 7.50. The fraction of sp³-hybridized carbons (Fsp3) is 0.182. The highest BCUT2D eigenvalue weighted by atomic mass is 35.5. The van der Waals surface area contributed by atoms with Gasteiger partial charge in [-0.05, 0) is 29.8 Å². The van der Waals surface area contributed by atoms with E-state index in [0.29, 0.717) is 23.8 Å². The predicted molar refractivity (Wildman–Crippen MR) is 54.6 cm³/mol. The monoisotopic (exact) mass is 208 g/mol. The molecule has 0 aliphatic carbocycles. The minimum atomic E-state index is 0.0139. The molecule has 0 saturated carbocycles. The third kappa shape index (κ3) is 1.86. The number of ketones is 1. The summed E-state index contributed by atoms with van der Waals surface area (Å²) in [5, 5.41) is 0.629. The van der Waals surface area contributed by atoms with Crippen LogP contribution >= 0.6 is 11.6 Å². The fourth-order valence-corrected chi connectivity index (χ4v) is 1.60. The van der Waals surface area contributed by atoms with Crippen LogP contribution in [-0.4, -0.2) is 12.4 Å². The van der Waals surface area contributed by atoms with E-state index in [4.69, 9.17) is 16.3 Å². The van der Waals surface area contributed by atoms with Crippen molar-refractivity contribution >= 4 is 17.4 Å². The Morgan fingerprint density at radius 1 is 1.36 bits per heavy atom. The molecule has 0 bridgehead atoms. The van der Waals surface area contributed by atoms with Gasteiger partial charge in [-0.1, -0.05) is 17.7 Å². The molecule has 3 heteroatoms. The SMILES string of the molecule is O=C1C=CCOCc2cc(Cl)ccc21. The number of carbonyl (C=O) groups is 1. The Kier molecular flexibility index (Phi) is 2.66. The molecule has 0 N–H and O–H groups in total. The lowest BCUT2D eigenvalue weighted by Gasteiger charge is -2.10. The molecule has 0 saturated heterocycles. The summed E-state index contributed by atoms with van der Waals surface area (Å²) in [5.74, 6) is 0.0139. The molecule has 0 aromatic heterocycles. The topological polar surface area (TPSA) is 26.3 Å². The number of carbonyl (C=O) groups excluding carboxylic acids is 1. The lowest BCUT2D eigenvalue weighted by atomic mass is 10.0. The highest BCUT2D eigenvalue weighted by Gasteiger charge is 2.11. The summed E-state index contributed by atoms with van der Waals surface area (Å²) in [6, 6.07) is 5.22. The Labute approximate surface area is 87.1 Å². The summed E-state index contributed by atoms with van der Waals surface area (Å²) in [7, 11) is 0. The van der Waals surface area contributed by atoms with Crippen molar-refractivity contribution in [3.8, 4) is 0 Å². The summed E-state index contributed by atoms with van der Waals surface area (Å²) in [4.78, 5) is 11.6. The molecule has 1 aliphatic heterocycles. The molecule has 0 amide bonds. The van der Waals surface area contributed by atoms with Crippen LogP contribution in [0.2, 0.25) is 5.02 Å². The molecular weight excluding hydrogens is 200 g/mol. The lowest BCUT2D eigenvalue weighted by molar-refractivity contribution is 0.102. The number of rotatable bonds is 0. The minimum Gasteiger partial charge on any atom is -0.373 e. The Hall–Kier alpha value is -1.12. The number of ether oxygens (including phenoxy) is 1. The number of hydrogen-bond donors (Lipinski definition) is 0. The molecule has 1 aromatic carbocycles. The standard InChI is InChI=1S/C11H9ClO2/c12-9-3-4-10-8(6-9)7-14-5-1-2-11(10)13/h1-4,6H,5,7H2. The van der Waals surface area contributed by atoms with Gasteiger partial charge in [-0.15, -0.1) is 0 Å². The van der Waals surface area contributed by atoms with Crippen molar-refractivity contribution in [2.75, 3.05) is 6.61 Å². The van der Waals surface area contributed by atoms with E-state index >= 15 is 0 Å². The number of allylic oxidation sites excluding steroid dienone is 1. The Morgan fingerprint density at radius 3 is 3.07 bits per heavy atom. The first-order chi connectivity index (χ1) is 6.77. The van der Waals surface area contributed by atoms with Gasteiger partial charge < -0.3 is 4.74 Å². The second-order valence-electron chi connectivity index (χ2n) is 3.08. The van der Waals surface area contributed by atoms with Crippen LogP contribution in [0, 0.1) is 0 Å².